The molecule has 0 fully saturated rings. The maximum atomic E-state index is 10.3. The van der Waals surface area contributed by atoms with Crippen LogP contribution in [0, 0.1) is 10.1 Å². The van der Waals surface area contributed by atoms with E-state index in [1.807, 2.05) is 0 Å². The van der Waals surface area contributed by atoms with Gasteiger partial charge in [-0.25, -0.2) is 4.68 Å². The van der Waals surface area contributed by atoms with E-state index in [4.69, 9.17) is 4.42 Å². The molecule has 0 amide bonds. The Kier molecular flexibility index (Phi) is 1.59. The summed E-state index contributed by atoms with van der Waals surface area (Å²) in [4.78, 5) is 9.68. The number of furan rings is 1. The Morgan fingerprint density at radius 1 is 1.54 bits per heavy atom. The number of rotatable bonds is 2. The number of aromatic nitrogens is 2. The molecule has 2 heterocycles. The van der Waals surface area contributed by atoms with Crippen LogP contribution in [-0.2, 0) is 0 Å². The fourth-order valence-corrected chi connectivity index (χ4v) is 0.938. The summed E-state index contributed by atoms with van der Waals surface area (Å²) in [6.45, 7) is 0. The van der Waals surface area contributed by atoms with E-state index in [1.165, 1.54) is 16.8 Å². The van der Waals surface area contributed by atoms with Gasteiger partial charge >= 0.3 is 5.88 Å². The first-order chi connectivity index (χ1) is 6.27. The first-order valence-corrected chi connectivity index (χ1v) is 3.51. The monoisotopic (exact) mass is 179 g/mol. The van der Waals surface area contributed by atoms with Crippen molar-refractivity contribution in [1.29, 1.82) is 0 Å². The van der Waals surface area contributed by atoms with Crippen LogP contribution in [0.25, 0.3) is 5.88 Å². The van der Waals surface area contributed by atoms with Gasteiger partial charge in [0, 0.05) is 18.5 Å². The first-order valence-electron chi connectivity index (χ1n) is 3.51. The van der Waals surface area contributed by atoms with Crippen LogP contribution in [-0.4, -0.2) is 14.7 Å². The second kappa shape index (κ2) is 2.74. The summed E-state index contributed by atoms with van der Waals surface area (Å²) in [5, 5.41) is 14.1. The Morgan fingerprint density at radius 2 is 2.38 bits per heavy atom. The Morgan fingerprint density at radius 3 is 2.92 bits per heavy atom. The molecule has 0 aliphatic heterocycles. The van der Waals surface area contributed by atoms with Crippen LogP contribution in [0.4, 0.5) is 5.88 Å². The van der Waals surface area contributed by atoms with Gasteiger partial charge in [0.2, 0.25) is 5.88 Å². The molecular formula is C7H5N3O3. The van der Waals surface area contributed by atoms with Gasteiger partial charge in [0.15, 0.2) is 0 Å². The lowest BCUT2D eigenvalue weighted by atomic mass is 10.6. The van der Waals surface area contributed by atoms with Crippen molar-refractivity contribution in [3.8, 4) is 5.88 Å². The van der Waals surface area contributed by atoms with Gasteiger partial charge in [0.1, 0.15) is 4.92 Å². The van der Waals surface area contributed by atoms with Crippen LogP contribution in [0.1, 0.15) is 0 Å². The molecule has 0 bridgehead atoms. The zero-order valence-electron chi connectivity index (χ0n) is 6.45. The Bertz CT molecular complexity index is 418. The van der Waals surface area contributed by atoms with Gasteiger partial charge in [0.25, 0.3) is 0 Å². The summed E-state index contributed by atoms with van der Waals surface area (Å²) in [5.74, 6) is 0.0437. The number of nitro groups is 1. The lowest BCUT2D eigenvalue weighted by molar-refractivity contribution is -0.402. The predicted octanol–water partition coefficient (Wildman–Crippen LogP) is 1.37. The Balaban J connectivity index is 2.39. The van der Waals surface area contributed by atoms with Gasteiger partial charge in [-0.15, -0.1) is 0 Å². The highest BCUT2D eigenvalue weighted by atomic mass is 16.6. The van der Waals surface area contributed by atoms with Gasteiger partial charge in [-0.2, -0.15) is 5.10 Å². The number of hydrogen-bond donors (Lipinski definition) is 0. The molecule has 2 aromatic heterocycles. The van der Waals surface area contributed by atoms with E-state index in [9.17, 15) is 10.1 Å². The highest BCUT2D eigenvalue weighted by molar-refractivity contribution is 5.26. The molecule has 0 N–H and O–H groups in total. The molecule has 0 saturated heterocycles. The van der Waals surface area contributed by atoms with Crippen molar-refractivity contribution < 1.29 is 9.34 Å². The minimum Gasteiger partial charge on any atom is -0.382 e. The fourth-order valence-electron chi connectivity index (χ4n) is 0.938. The first kappa shape index (κ1) is 7.53. The average molecular weight is 179 g/mol. The molecule has 6 nitrogen and oxygen atoms in total. The SMILES string of the molecule is O=[N+]([O-])c1ccc(-n2cccn2)o1. The summed E-state index contributed by atoms with van der Waals surface area (Å²) in [7, 11) is 0. The highest BCUT2D eigenvalue weighted by Crippen LogP contribution is 2.17. The zero-order valence-corrected chi connectivity index (χ0v) is 6.45. The van der Waals surface area contributed by atoms with Gasteiger partial charge in [-0.3, -0.25) is 10.1 Å². The molecule has 0 atom stereocenters. The lowest BCUT2D eigenvalue weighted by Gasteiger charge is -1.91. The molecular weight excluding hydrogens is 174 g/mol. The van der Waals surface area contributed by atoms with Crippen LogP contribution in [0.3, 0.4) is 0 Å². The van der Waals surface area contributed by atoms with Crippen LogP contribution in [0.2, 0.25) is 0 Å². The summed E-state index contributed by atoms with van der Waals surface area (Å²) in [6, 6.07) is 4.48. The highest BCUT2D eigenvalue weighted by Gasteiger charge is 2.12. The molecule has 13 heavy (non-hydrogen) atoms. The second-order valence-corrected chi connectivity index (χ2v) is 2.32. The van der Waals surface area contributed by atoms with E-state index >= 15 is 0 Å². The zero-order chi connectivity index (χ0) is 9.26. The molecule has 0 unspecified atom stereocenters. The molecule has 0 spiro atoms. The molecule has 2 rings (SSSR count). The third kappa shape index (κ3) is 1.28. The van der Waals surface area contributed by atoms with Crippen molar-refractivity contribution in [3.05, 3.63) is 40.7 Å². The fraction of sp³-hybridized carbons (Fsp3) is 0. The van der Waals surface area contributed by atoms with Crippen molar-refractivity contribution in [1.82, 2.24) is 9.78 Å². The van der Waals surface area contributed by atoms with Crippen molar-refractivity contribution >= 4 is 5.88 Å². The van der Waals surface area contributed by atoms with Gasteiger partial charge in [-0.05, 0) is 6.07 Å². The van der Waals surface area contributed by atoms with E-state index < -0.39 is 4.92 Å². The predicted molar refractivity (Wildman–Crippen MR) is 42.5 cm³/mol. The maximum absolute atomic E-state index is 10.3. The van der Waals surface area contributed by atoms with Crippen molar-refractivity contribution in [2.45, 2.75) is 0 Å². The third-order valence-electron chi connectivity index (χ3n) is 1.49. The summed E-state index contributed by atoms with van der Waals surface area (Å²) >= 11 is 0. The van der Waals surface area contributed by atoms with Crippen molar-refractivity contribution in [3.63, 3.8) is 0 Å². The summed E-state index contributed by atoms with van der Waals surface area (Å²) < 4.78 is 6.30. The van der Waals surface area contributed by atoms with E-state index in [2.05, 4.69) is 5.10 Å². The Hall–Kier alpha value is -2.11. The summed E-state index contributed by atoms with van der Waals surface area (Å²) in [6.07, 6.45) is 3.21. The molecule has 0 aromatic carbocycles. The standard InChI is InChI=1S/C7H5N3O3/c11-10(12)7-3-2-6(13-7)9-5-1-4-8-9/h1-5H. The average Bonchev–Trinajstić information content (AvgIpc) is 2.75. The maximum Gasteiger partial charge on any atom is 0.434 e. The normalized spacial score (nSPS) is 10.2. The molecule has 0 saturated carbocycles. The Labute approximate surface area is 72.5 Å². The molecule has 0 aliphatic rings. The van der Waals surface area contributed by atoms with E-state index in [-0.39, 0.29) is 5.88 Å². The number of nitrogens with zero attached hydrogens (tertiary/aromatic N) is 3. The quantitative estimate of drug-likeness (QED) is 0.515. The smallest absolute Gasteiger partial charge is 0.382 e. The van der Waals surface area contributed by atoms with Gasteiger partial charge in [0.05, 0.1) is 6.07 Å². The molecule has 0 radical (unpaired) electrons. The molecule has 0 aliphatic carbocycles. The van der Waals surface area contributed by atoms with Gasteiger partial charge < -0.3 is 4.42 Å². The topological polar surface area (TPSA) is 74.1 Å². The summed E-state index contributed by atoms with van der Waals surface area (Å²) in [5.41, 5.74) is 0. The van der Waals surface area contributed by atoms with Crippen LogP contribution < -0.4 is 0 Å². The van der Waals surface area contributed by atoms with Crippen LogP contribution in [0.15, 0.2) is 35.0 Å². The number of hydrogen-bond acceptors (Lipinski definition) is 4. The van der Waals surface area contributed by atoms with Crippen molar-refractivity contribution in [2.75, 3.05) is 0 Å². The molecule has 2 aromatic rings. The molecule has 6 heteroatoms. The van der Waals surface area contributed by atoms with E-state index in [0.29, 0.717) is 5.88 Å². The van der Waals surface area contributed by atoms with E-state index in [0.717, 1.165) is 0 Å². The second-order valence-electron chi connectivity index (χ2n) is 2.32. The third-order valence-corrected chi connectivity index (χ3v) is 1.49. The van der Waals surface area contributed by atoms with E-state index in [1.54, 1.807) is 18.5 Å². The minimum atomic E-state index is -0.590. The molecule has 66 valence electrons. The largest absolute Gasteiger partial charge is 0.434 e. The van der Waals surface area contributed by atoms with Crippen LogP contribution in [0.5, 0.6) is 0 Å². The van der Waals surface area contributed by atoms with Crippen LogP contribution >= 0.6 is 0 Å². The lowest BCUT2D eigenvalue weighted by Crippen LogP contribution is -1.90. The van der Waals surface area contributed by atoms with Gasteiger partial charge in [-0.1, -0.05) is 0 Å². The minimum absolute atomic E-state index is 0.287. The van der Waals surface area contributed by atoms with Crippen molar-refractivity contribution in [2.24, 2.45) is 0 Å².